The molecule has 3 rings (SSSR count). The summed E-state index contributed by atoms with van der Waals surface area (Å²) in [7, 11) is 0. The van der Waals surface area contributed by atoms with Gasteiger partial charge in [-0.15, -0.1) is 0 Å². The predicted molar refractivity (Wildman–Crippen MR) is 106 cm³/mol. The van der Waals surface area contributed by atoms with Crippen LogP contribution in [0, 0.1) is 0 Å². The lowest BCUT2D eigenvalue weighted by molar-refractivity contribution is 0.0939. The standard InChI is InChI=1S/C22H26N2O3/c1-3-27-22(26)24-20-10-6-9-19(14-20)21(25)23-15(2)17-12-11-16-7-4-5-8-18(16)13-17/h6,9-15H,3-5,7-8H2,1-2H3,(H,23,25)(H,24,26)/t15-/m1/s1. The fourth-order valence-electron chi connectivity index (χ4n) is 3.41. The molecule has 0 saturated carbocycles. The van der Waals surface area contributed by atoms with Gasteiger partial charge in [-0.1, -0.05) is 24.3 Å². The molecule has 0 aromatic heterocycles. The molecule has 0 fully saturated rings. The van der Waals surface area contributed by atoms with E-state index in [0.717, 1.165) is 18.4 Å². The highest BCUT2D eigenvalue weighted by molar-refractivity contribution is 5.96. The number of carbonyl (C=O) groups excluding carboxylic acids is 2. The summed E-state index contributed by atoms with van der Waals surface area (Å²) in [6, 6.07) is 13.3. The smallest absolute Gasteiger partial charge is 0.411 e. The van der Waals surface area contributed by atoms with Crippen LogP contribution in [-0.4, -0.2) is 18.6 Å². The first-order valence-corrected chi connectivity index (χ1v) is 9.53. The molecule has 5 heteroatoms. The molecule has 1 atom stereocenters. The first-order valence-electron chi connectivity index (χ1n) is 9.53. The monoisotopic (exact) mass is 366 g/mol. The normalized spacial score (nSPS) is 14.0. The lowest BCUT2D eigenvalue weighted by atomic mass is 9.89. The van der Waals surface area contributed by atoms with Gasteiger partial charge >= 0.3 is 6.09 Å². The molecule has 2 amide bonds. The quantitative estimate of drug-likeness (QED) is 0.811. The van der Waals surface area contributed by atoms with Crippen molar-refractivity contribution in [1.82, 2.24) is 5.32 Å². The molecule has 5 nitrogen and oxygen atoms in total. The van der Waals surface area contributed by atoms with E-state index in [9.17, 15) is 9.59 Å². The minimum Gasteiger partial charge on any atom is -0.450 e. The van der Waals surface area contributed by atoms with Gasteiger partial charge in [-0.3, -0.25) is 10.1 Å². The Bertz CT molecular complexity index is 832. The maximum absolute atomic E-state index is 12.6. The lowest BCUT2D eigenvalue weighted by Crippen LogP contribution is -2.27. The number of rotatable bonds is 5. The van der Waals surface area contributed by atoms with E-state index in [4.69, 9.17) is 4.74 Å². The summed E-state index contributed by atoms with van der Waals surface area (Å²) >= 11 is 0. The Labute approximate surface area is 160 Å². The maximum Gasteiger partial charge on any atom is 0.411 e. The van der Waals surface area contributed by atoms with Crippen molar-refractivity contribution in [2.75, 3.05) is 11.9 Å². The second kappa shape index (κ2) is 8.71. The van der Waals surface area contributed by atoms with Crippen LogP contribution < -0.4 is 10.6 Å². The molecule has 0 aliphatic heterocycles. The van der Waals surface area contributed by atoms with Gasteiger partial charge in [0.05, 0.1) is 12.6 Å². The Kier molecular flexibility index (Phi) is 6.12. The third-order valence-electron chi connectivity index (χ3n) is 4.87. The van der Waals surface area contributed by atoms with Crippen molar-refractivity contribution >= 4 is 17.7 Å². The first kappa shape index (κ1) is 19.0. The molecule has 0 saturated heterocycles. The number of nitrogens with one attached hydrogen (secondary N) is 2. The van der Waals surface area contributed by atoms with Gasteiger partial charge in [0.25, 0.3) is 5.91 Å². The van der Waals surface area contributed by atoms with Crippen LogP contribution in [0.5, 0.6) is 0 Å². The molecule has 2 aromatic carbocycles. The third kappa shape index (κ3) is 4.88. The number of amides is 2. The van der Waals surface area contributed by atoms with E-state index in [1.54, 1.807) is 31.2 Å². The highest BCUT2D eigenvalue weighted by Gasteiger charge is 2.15. The summed E-state index contributed by atoms with van der Waals surface area (Å²) in [5.74, 6) is -0.173. The Balaban J connectivity index is 1.67. The molecular formula is C22H26N2O3. The average molecular weight is 366 g/mol. The first-order chi connectivity index (χ1) is 13.1. The van der Waals surface area contributed by atoms with Gasteiger partial charge in [0.15, 0.2) is 0 Å². The Hall–Kier alpha value is -2.82. The highest BCUT2D eigenvalue weighted by atomic mass is 16.5. The zero-order valence-corrected chi connectivity index (χ0v) is 15.9. The summed E-state index contributed by atoms with van der Waals surface area (Å²) in [6.45, 7) is 4.03. The summed E-state index contributed by atoms with van der Waals surface area (Å²) in [4.78, 5) is 24.2. The van der Waals surface area contributed by atoms with E-state index in [-0.39, 0.29) is 11.9 Å². The second-order valence-electron chi connectivity index (χ2n) is 6.86. The lowest BCUT2D eigenvalue weighted by Gasteiger charge is -2.20. The number of aryl methyl sites for hydroxylation is 2. The molecular weight excluding hydrogens is 340 g/mol. The van der Waals surface area contributed by atoms with E-state index < -0.39 is 6.09 Å². The van der Waals surface area contributed by atoms with Crippen molar-refractivity contribution in [2.45, 2.75) is 45.6 Å². The third-order valence-corrected chi connectivity index (χ3v) is 4.87. The molecule has 0 unspecified atom stereocenters. The molecule has 2 aromatic rings. The van der Waals surface area contributed by atoms with Crippen molar-refractivity contribution < 1.29 is 14.3 Å². The highest BCUT2D eigenvalue weighted by Crippen LogP contribution is 2.25. The second-order valence-corrected chi connectivity index (χ2v) is 6.86. The van der Waals surface area contributed by atoms with Crippen LogP contribution in [0.15, 0.2) is 42.5 Å². The van der Waals surface area contributed by atoms with Gasteiger partial charge in [-0.05, 0) is 74.4 Å². The SMILES string of the molecule is CCOC(=O)Nc1cccc(C(=O)N[C@H](C)c2ccc3c(c2)CCCC3)c1. The molecule has 1 aliphatic rings. The van der Waals surface area contributed by atoms with Crippen molar-refractivity contribution in [3.63, 3.8) is 0 Å². The fourth-order valence-corrected chi connectivity index (χ4v) is 3.41. The van der Waals surface area contributed by atoms with Crippen molar-refractivity contribution in [1.29, 1.82) is 0 Å². The number of hydrogen-bond acceptors (Lipinski definition) is 3. The molecule has 0 radical (unpaired) electrons. The summed E-state index contributed by atoms with van der Waals surface area (Å²) < 4.78 is 4.86. The zero-order chi connectivity index (χ0) is 19.2. The Morgan fingerprint density at radius 3 is 2.63 bits per heavy atom. The van der Waals surface area contributed by atoms with E-state index >= 15 is 0 Å². The van der Waals surface area contributed by atoms with Crippen LogP contribution in [0.2, 0.25) is 0 Å². The Morgan fingerprint density at radius 2 is 1.85 bits per heavy atom. The molecule has 0 bridgehead atoms. The molecule has 0 spiro atoms. The van der Waals surface area contributed by atoms with Crippen molar-refractivity contribution in [2.24, 2.45) is 0 Å². The molecule has 1 aliphatic carbocycles. The van der Waals surface area contributed by atoms with E-state index in [2.05, 4.69) is 28.8 Å². The maximum atomic E-state index is 12.6. The number of carbonyl (C=O) groups is 2. The minimum absolute atomic E-state index is 0.0913. The van der Waals surface area contributed by atoms with E-state index in [1.807, 2.05) is 6.92 Å². The van der Waals surface area contributed by atoms with Crippen LogP contribution in [0.25, 0.3) is 0 Å². The Morgan fingerprint density at radius 1 is 1.07 bits per heavy atom. The number of hydrogen-bond donors (Lipinski definition) is 2. The number of fused-ring (bicyclic) bond motifs is 1. The topological polar surface area (TPSA) is 67.4 Å². The molecule has 0 heterocycles. The zero-order valence-electron chi connectivity index (χ0n) is 15.9. The largest absolute Gasteiger partial charge is 0.450 e. The van der Waals surface area contributed by atoms with Crippen LogP contribution in [0.3, 0.4) is 0 Å². The molecule has 2 N–H and O–H groups in total. The van der Waals surface area contributed by atoms with E-state index in [1.165, 1.54) is 24.0 Å². The van der Waals surface area contributed by atoms with Gasteiger partial charge in [0.2, 0.25) is 0 Å². The van der Waals surface area contributed by atoms with Crippen LogP contribution >= 0.6 is 0 Å². The van der Waals surface area contributed by atoms with Crippen molar-refractivity contribution in [3.05, 3.63) is 64.7 Å². The molecule has 142 valence electrons. The average Bonchev–Trinajstić information content (AvgIpc) is 2.68. The van der Waals surface area contributed by atoms with Crippen molar-refractivity contribution in [3.8, 4) is 0 Å². The predicted octanol–water partition coefficient (Wildman–Crippen LogP) is 4.62. The summed E-state index contributed by atoms with van der Waals surface area (Å²) in [5.41, 5.74) is 4.98. The van der Waals surface area contributed by atoms with Gasteiger partial charge in [-0.2, -0.15) is 0 Å². The van der Waals surface area contributed by atoms with E-state index in [0.29, 0.717) is 17.9 Å². The fraction of sp³-hybridized carbons (Fsp3) is 0.364. The van der Waals surface area contributed by atoms with Crippen LogP contribution in [-0.2, 0) is 17.6 Å². The van der Waals surface area contributed by atoms with Gasteiger partial charge in [0.1, 0.15) is 0 Å². The van der Waals surface area contributed by atoms with Gasteiger partial charge < -0.3 is 10.1 Å². The van der Waals surface area contributed by atoms with Crippen LogP contribution in [0.1, 0.15) is 59.8 Å². The number of benzene rings is 2. The molecule has 27 heavy (non-hydrogen) atoms. The number of ether oxygens (including phenoxy) is 1. The minimum atomic E-state index is -0.530. The number of anilines is 1. The van der Waals surface area contributed by atoms with Crippen LogP contribution in [0.4, 0.5) is 10.5 Å². The summed E-state index contributed by atoms with van der Waals surface area (Å²) in [5, 5.41) is 5.66. The van der Waals surface area contributed by atoms with Gasteiger partial charge in [-0.25, -0.2) is 4.79 Å². The van der Waals surface area contributed by atoms with Gasteiger partial charge in [0, 0.05) is 11.3 Å². The summed E-state index contributed by atoms with van der Waals surface area (Å²) in [6.07, 6.45) is 4.23.